The van der Waals surface area contributed by atoms with E-state index in [0.29, 0.717) is 22.2 Å². The van der Waals surface area contributed by atoms with E-state index in [-0.39, 0.29) is 5.43 Å². The van der Waals surface area contributed by atoms with E-state index < -0.39 is 0 Å². The van der Waals surface area contributed by atoms with Crippen molar-refractivity contribution in [2.24, 2.45) is 0 Å². The highest BCUT2D eigenvalue weighted by atomic mass is 16.1. The molecule has 0 atom stereocenters. The zero-order valence-corrected chi connectivity index (χ0v) is 13.2. The number of aryl methyl sites for hydroxylation is 3. The van der Waals surface area contributed by atoms with Crippen molar-refractivity contribution in [3.8, 4) is 11.8 Å². The van der Waals surface area contributed by atoms with Gasteiger partial charge in [0.05, 0.1) is 46.3 Å². The maximum absolute atomic E-state index is 12.3. The minimum absolute atomic E-state index is 0.113. The van der Waals surface area contributed by atoms with Crippen LogP contribution in [0.2, 0.25) is 0 Å². The summed E-state index contributed by atoms with van der Waals surface area (Å²) >= 11 is 0. The fourth-order valence-electron chi connectivity index (χ4n) is 3.09. The standard InChI is InChI=1S/C18H16N4O/c1-10-4-13(7-19)5-11(2)18(10)22-12(3)6-16(23)17-14(20)8-21-9-15(17)22/h4-6,8-9H,20H2,1-3H3. The molecule has 3 aromatic rings. The number of nitrogens with two attached hydrogens (primary N) is 1. The lowest BCUT2D eigenvalue weighted by Gasteiger charge is -2.19. The third-order valence-corrected chi connectivity index (χ3v) is 3.98. The number of aromatic nitrogens is 2. The van der Waals surface area contributed by atoms with Crippen molar-refractivity contribution in [3.05, 3.63) is 63.2 Å². The van der Waals surface area contributed by atoms with Crippen molar-refractivity contribution in [3.63, 3.8) is 0 Å². The largest absolute Gasteiger partial charge is 0.397 e. The summed E-state index contributed by atoms with van der Waals surface area (Å²) in [5, 5.41) is 9.59. The molecule has 5 heteroatoms. The lowest BCUT2D eigenvalue weighted by atomic mass is 10.0. The number of fused-ring (bicyclic) bond motifs is 1. The number of rotatable bonds is 1. The Morgan fingerprint density at radius 1 is 1.13 bits per heavy atom. The molecule has 0 bridgehead atoms. The van der Waals surface area contributed by atoms with E-state index in [0.717, 1.165) is 22.5 Å². The molecule has 23 heavy (non-hydrogen) atoms. The van der Waals surface area contributed by atoms with Crippen LogP contribution in [-0.4, -0.2) is 9.55 Å². The van der Waals surface area contributed by atoms with Crippen LogP contribution < -0.4 is 11.2 Å². The van der Waals surface area contributed by atoms with Crippen LogP contribution in [0.15, 0.2) is 35.4 Å². The van der Waals surface area contributed by atoms with Gasteiger partial charge in [0.1, 0.15) is 0 Å². The summed E-state index contributed by atoms with van der Waals surface area (Å²) in [4.78, 5) is 16.4. The molecule has 5 nitrogen and oxygen atoms in total. The second kappa shape index (κ2) is 5.25. The molecule has 1 aromatic carbocycles. The Bertz CT molecular complexity index is 1020. The van der Waals surface area contributed by atoms with Crippen LogP contribution in [0, 0.1) is 32.1 Å². The Hall–Kier alpha value is -3.13. The Morgan fingerprint density at radius 2 is 1.78 bits per heavy atom. The summed E-state index contributed by atoms with van der Waals surface area (Å²) < 4.78 is 1.98. The van der Waals surface area contributed by atoms with Gasteiger partial charge >= 0.3 is 0 Å². The van der Waals surface area contributed by atoms with E-state index in [1.807, 2.05) is 37.5 Å². The van der Waals surface area contributed by atoms with Crippen LogP contribution in [0.25, 0.3) is 16.6 Å². The first-order chi connectivity index (χ1) is 10.9. The van der Waals surface area contributed by atoms with Crippen LogP contribution in [0.3, 0.4) is 0 Å². The molecule has 0 radical (unpaired) electrons. The third-order valence-electron chi connectivity index (χ3n) is 3.98. The minimum Gasteiger partial charge on any atom is -0.397 e. The summed E-state index contributed by atoms with van der Waals surface area (Å²) in [5.41, 5.74) is 11.1. The van der Waals surface area contributed by atoms with E-state index >= 15 is 0 Å². The van der Waals surface area contributed by atoms with E-state index in [1.165, 1.54) is 6.20 Å². The summed E-state index contributed by atoms with van der Waals surface area (Å²) in [6.45, 7) is 5.78. The molecule has 0 aliphatic heterocycles. The SMILES string of the molecule is Cc1cc(C#N)cc(C)c1-n1c(C)cc(=O)c2c(N)cncc21. The highest BCUT2D eigenvalue weighted by Gasteiger charge is 2.15. The van der Waals surface area contributed by atoms with Crippen LogP contribution in [0.1, 0.15) is 22.4 Å². The number of hydrogen-bond acceptors (Lipinski definition) is 4. The number of anilines is 1. The van der Waals surface area contributed by atoms with E-state index in [9.17, 15) is 4.79 Å². The van der Waals surface area contributed by atoms with Gasteiger partial charge in [-0.15, -0.1) is 0 Å². The summed E-state index contributed by atoms with van der Waals surface area (Å²) in [6.07, 6.45) is 3.14. The lowest BCUT2D eigenvalue weighted by Crippen LogP contribution is -2.14. The Morgan fingerprint density at radius 3 is 2.39 bits per heavy atom. The lowest BCUT2D eigenvalue weighted by molar-refractivity contribution is 0.992. The molecular formula is C18H16N4O. The molecular weight excluding hydrogens is 288 g/mol. The van der Waals surface area contributed by atoms with Crippen molar-refractivity contribution in [1.82, 2.24) is 9.55 Å². The topological polar surface area (TPSA) is 84.7 Å². The van der Waals surface area contributed by atoms with Gasteiger partial charge in [0.2, 0.25) is 0 Å². The van der Waals surface area contributed by atoms with Crippen molar-refractivity contribution in [2.45, 2.75) is 20.8 Å². The molecule has 2 N–H and O–H groups in total. The van der Waals surface area contributed by atoms with Crippen LogP contribution in [0.4, 0.5) is 5.69 Å². The van der Waals surface area contributed by atoms with Crippen molar-refractivity contribution in [1.29, 1.82) is 5.26 Å². The molecule has 0 saturated carbocycles. The maximum Gasteiger partial charge on any atom is 0.191 e. The minimum atomic E-state index is -0.113. The monoisotopic (exact) mass is 304 g/mol. The highest BCUT2D eigenvalue weighted by molar-refractivity contribution is 5.90. The first-order valence-electron chi connectivity index (χ1n) is 7.21. The molecule has 0 saturated heterocycles. The number of nitrogens with zero attached hydrogens (tertiary/aromatic N) is 3. The Kier molecular flexibility index (Phi) is 3.38. The zero-order valence-electron chi connectivity index (χ0n) is 13.2. The van der Waals surface area contributed by atoms with Gasteiger partial charge in [-0.05, 0) is 44.0 Å². The Labute approximate surface area is 133 Å². The molecule has 2 aromatic heterocycles. The fraction of sp³-hybridized carbons (Fsp3) is 0.167. The second-order valence-corrected chi connectivity index (χ2v) is 5.68. The van der Waals surface area contributed by atoms with Gasteiger partial charge in [-0.3, -0.25) is 9.78 Å². The molecule has 114 valence electrons. The number of benzene rings is 1. The molecule has 3 rings (SSSR count). The number of hydrogen-bond donors (Lipinski definition) is 1. The molecule has 2 heterocycles. The first-order valence-corrected chi connectivity index (χ1v) is 7.21. The van der Waals surface area contributed by atoms with Crippen molar-refractivity contribution >= 4 is 16.6 Å². The summed E-state index contributed by atoms with van der Waals surface area (Å²) in [6, 6.07) is 7.42. The van der Waals surface area contributed by atoms with Crippen LogP contribution in [-0.2, 0) is 0 Å². The molecule has 0 aliphatic rings. The zero-order chi connectivity index (χ0) is 16.7. The molecule has 0 amide bonds. The van der Waals surface area contributed by atoms with Crippen molar-refractivity contribution in [2.75, 3.05) is 5.73 Å². The number of nitriles is 1. The summed E-state index contributed by atoms with van der Waals surface area (Å²) in [7, 11) is 0. The predicted molar refractivity (Wildman–Crippen MR) is 90.7 cm³/mol. The summed E-state index contributed by atoms with van der Waals surface area (Å²) in [5.74, 6) is 0. The average Bonchev–Trinajstić information content (AvgIpc) is 2.49. The van der Waals surface area contributed by atoms with E-state index in [2.05, 4.69) is 11.1 Å². The van der Waals surface area contributed by atoms with Gasteiger partial charge in [-0.25, -0.2) is 0 Å². The van der Waals surface area contributed by atoms with Gasteiger partial charge in [-0.2, -0.15) is 5.26 Å². The third kappa shape index (κ3) is 2.25. The molecule has 0 unspecified atom stereocenters. The number of nitrogen functional groups attached to an aromatic ring is 1. The predicted octanol–water partition coefficient (Wildman–Crippen LogP) is 2.76. The first kappa shape index (κ1) is 14.8. The van der Waals surface area contributed by atoms with Gasteiger partial charge in [0.25, 0.3) is 0 Å². The molecule has 0 spiro atoms. The van der Waals surface area contributed by atoms with E-state index in [4.69, 9.17) is 11.0 Å². The van der Waals surface area contributed by atoms with Crippen LogP contribution >= 0.6 is 0 Å². The highest BCUT2D eigenvalue weighted by Crippen LogP contribution is 2.27. The average molecular weight is 304 g/mol. The maximum atomic E-state index is 12.3. The molecule has 0 fully saturated rings. The number of pyridine rings is 2. The Balaban J connectivity index is 2.50. The second-order valence-electron chi connectivity index (χ2n) is 5.68. The van der Waals surface area contributed by atoms with Crippen molar-refractivity contribution < 1.29 is 0 Å². The van der Waals surface area contributed by atoms with E-state index in [1.54, 1.807) is 12.3 Å². The quantitative estimate of drug-likeness (QED) is 0.749. The van der Waals surface area contributed by atoms with Gasteiger partial charge in [-0.1, -0.05) is 0 Å². The fourth-order valence-corrected chi connectivity index (χ4v) is 3.09. The molecule has 0 aliphatic carbocycles. The normalized spacial score (nSPS) is 10.7. The van der Waals surface area contributed by atoms with Gasteiger partial charge in [0.15, 0.2) is 5.43 Å². The van der Waals surface area contributed by atoms with Gasteiger partial charge in [0, 0.05) is 11.8 Å². The van der Waals surface area contributed by atoms with Gasteiger partial charge < -0.3 is 10.3 Å². The smallest absolute Gasteiger partial charge is 0.191 e. The van der Waals surface area contributed by atoms with Crippen LogP contribution in [0.5, 0.6) is 0 Å².